The van der Waals surface area contributed by atoms with E-state index in [9.17, 15) is 0 Å². The molecule has 0 saturated heterocycles. The molecule has 0 saturated carbocycles. The molecule has 84 valence electrons. The van der Waals surface area contributed by atoms with Crippen LogP contribution in [0.5, 0.6) is 5.75 Å². The molecule has 1 heterocycles. The smallest absolute Gasteiger partial charge is 0.214 e. The number of hydrogen-bond donors (Lipinski definition) is 2. The Morgan fingerprint density at radius 3 is 2.88 bits per heavy atom. The minimum absolute atomic E-state index is 0.376. The molecule has 0 fully saturated rings. The van der Waals surface area contributed by atoms with Gasteiger partial charge in [-0.05, 0) is 31.3 Å². The molecule has 6 heteroatoms. The zero-order valence-corrected chi connectivity index (χ0v) is 9.62. The van der Waals surface area contributed by atoms with Crippen LogP contribution in [0.3, 0.4) is 0 Å². The fourth-order valence-corrected chi connectivity index (χ4v) is 1.56. The fraction of sp³-hybridized carbons (Fsp3) is 0.200. The van der Waals surface area contributed by atoms with Crippen LogP contribution in [0.1, 0.15) is 6.92 Å². The maximum Gasteiger partial charge on any atom is 0.214 e. The van der Waals surface area contributed by atoms with Crippen molar-refractivity contribution < 1.29 is 4.74 Å². The number of ether oxygens (including phenoxy) is 1. The molecule has 0 atom stereocenters. The summed E-state index contributed by atoms with van der Waals surface area (Å²) in [5, 5.41) is 6.71. The molecular formula is C10H12N4OS. The van der Waals surface area contributed by atoms with Gasteiger partial charge in [-0.1, -0.05) is 12.1 Å². The highest BCUT2D eigenvalue weighted by atomic mass is 32.1. The van der Waals surface area contributed by atoms with E-state index in [0.29, 0.717) is 17.2 Å². The maximum atomic E-state index is 5.76. The topological polar surface area (TPSA) is 68.9 Å². The Labute approximate surface area is 97.8 Å². The summed E-state index contributed by atoms with van der Waals surface area (Å²) >= 11 is 4.96. The van der Waals surface area contributed by atoms with Crippen molar-refractivity contribution in [3.05, 3.63) is 29.0 Å². The number of nitrogens with two attached hydrogens (primary N) is 1. The van der Waals surface area contributed by atoms with Crippen molar-refractivity contribution in [1.29, 1.82) is 0 Å². The molecule has 1 aromatic heterocycles. The first-order valence-corrected chi connectivity index (χ1v) is 5.29. The molecule has 0 unspecified atom stereocenters. The van der Waals surface area contributed by atoms with Gasteiger partial charge in [-0.15, -0.1) is 0 Å². The molecule has 16 heavy (non-hydrogen) atoms. The molecule has 2 aromatic rings. The lowest BCUT2D eigenvalue weighted by molar-refractivity contribution is 0.341. The second-order valence-corrected chi connectivity index (χ2v) is 3.54. The highest BCUT2D eigenvalue weighted by Gasteiger charge is 2.11. The molecule has 2 rings (SSSR count). The Morgan fingerprint density at radius 1 is 1.50 bits per heavy atom. The quantitative estimate of drug-likeness (QED) is 0.629. The maximum absolute atomic E-state index is 5.76. The third kappa shape index (κ3) is 1.79. The number of aromatic amines is 1. The van der Waals surface area contributed by atoms with E-state index in [1.165, 1.54) is 4.68 Å². The number of H-pyrrole nitrogens is 1. The van der Waals surface area contributed by atoms with Crippen molar-refractivity contribution in [3.8, 4) is 17.1 Å². The number of rotatable bonds is 3. The predicted octanol–water partition coefficient (Wildman–Crippen LogP) is 1.72. The molecule has 0 aliphatic carbocycles. The molecule has 0 aliphatic heterocycles. The molecule has 1 aromatic carbocycles. The van der Waals surface area contributed by atoms with E-state index in [1.54, 1.807) is 0 Å². The van der Waals surface area contributed by atoms with Gasteiger partial charge in [0, 0.05) is 0 Å². The molecule has 0 radical (unpaired) electrons. The fourth-order valence-electron chi connectivity index (χ4n) is 1.43. The Kier molecular flexibility index (Phi) is 2.91. The van der Waals surface area contributed by atoms with Crippen LogP contribution < -0.4 is 10.6 Å². The Bertz CT molecular complexity index is 546. The van der Waals surface area contributed by atoms with Crippen molar-refractivity contribution in [1.82, 2.24) is 14.9 Å². The first-order chi connectivity index (χ1) is 7.74. The van der Waals surface area contributed by atoms with Crippen molar-refractivity contribution in [2.24, 2.45) is 0 Å². The van der Waals surface area contributed by atoms with Gasteiger partial charge in [-0.25, -0.2) is 9.77 Å². The van der Waals surface area contributed by atoms with E-state index >= 15 is 0 Å². The van der Waals surface area contributed by atoms with Crippen molar-refractivity contribution in [2.45, 2.75) is 6.92 Å². The zero-order valence-electron chi connectivity index (χ0n) is 8.80. The highest BCUT2D eigenvalue weighted by Crippen LogP contribution is 2.27. The molecular weight excluding hydrogens is 224 g/mol. The van der Waals surface area contributed by atoms with E-state index in [0.717, 1.165) is 11.3 Å². The zero-order chi connectivity index (χ0) is 11.5. The van der Waals surface area contributed by atoms with Crippen molar-refractivity contribution in [3.63, 3.8) is 0 Å². The molecule has 0 bridgehead atoms. The minimum Gasteiger partial charge on any atom is -0.493 e. The second kappa shape index (κ2) is 4.36. The number of para-hydroxylation sites is 1. The van der Waals surface area contributed by atoms with Gasteiger partial charge in [0.25, 0.3) is 0 Å². The SMILES string of the molecule is CCOc1ccccc1-c1n[nH]c(=S)n1N. The Morgan fingerprint density at radius 2 is 2.25 bits per heavy atom. The molecule has 0 aliphatic rings. The van der Waals surface area contributed by atoms with Crippen LogP contribution in [0.2, 0.25) is 0 Å². The number of nitrogens with zero attached hydrogens (tertiary/aromatic N) is 2. The third-order valence-electron chi connectivity index (χ3n) is 2.13. The summed E-state index contributed by atoms with van der Waals surface area (Å²) in [6, 6.07) is 7.56. The van der Waals surface area contributed by atoms with Gasteiger partial charge < -0.3 is 10.6 Å². The minimum atomic E-state index is 0.376. The monoisotopic (exact) mass is 236 g/mol. The van der Waals surface area contributed by atoms with E-state index in [4.69, 9.17) is 22.8 Å². The average molecular weight is 236 g/mol. The first kappa shape index (κ1) is 10.7. The summed E-state index contributed by atoms with van der Waals surface area (Å²) in [5.41, 5.74) is 0.819. The van der Waals surface area contributed by atoms with Gasteiger partial charge in [-0.3, -0.25) is 0 Å². The lowest BCUT2D eigenvalue weighted by Crippen LogP contribution is -2.10. The van der Waals surface area contributed by atoms with Gasteiger partial charge in [0.05, 0.1) is 12.2 Å². The van der Waals surface area contributed by atoms with Crippen LogP contribution in [0.25, 0.3) is 11.4 Å². The van der Waals surface area contributed by atoms with Crippen LogP contribution in [-0.4, -0.2) is 21.5 Å². The van der Waals surface area contributed by atoms with Gasteiger partial charge in [0.15, 0.2) is 5.82 Å². The third-order valence-corrected chi connectivity index (χ3v) is 2.42. The van der Waals surface area contributed by atoms with Crippen LogP contribution in [0.4, 0.5) is 0 Å². The number of nitrogen functional groups attached to an aromatic ring is 1. The summed E-state index contributed by atoms with van der Waals surface area (Å²) in [7, 11) is 0. The summed E-state index contributed by atoms with van der Waals surface area (Å²) in [6.07, 6.45) is 0. The second-order valence-electron chi connectivity index (χ2n) is 3.15. The van der Waals surface area contributed by atoms with Crippen LogP contribution in [-0.2, 0) is 0 Å². The standard InChI is InChI=1S/C10H12N4OS/c1-2-15-8-6-4-3-5-7(8)9-12-13-10(16)14(9)11/h3-6H,2,11H2,1H3,(H,13,16). The normalized spacial score (nSPS) is 10.3. The van der Waals surface area contributed by atoms with Crippen LogP contribution in [0.15, 0.2) is 24.3 Å². The molecule has 0 spiro atoms. The summed E-state index contributed by atoms with van der Waals surface area (Å²) in [4.78, 5) is 0. The first-order valence-electron chi connectivity index (χ1n) is 4.88. The van der Waals surface area contributed by atoms with E-state index in [2.05, 4.69) is 10.2 Å². The number of hydrogen-bond acceptors (Lipinski definition) is 4. The summed E-state index contributed by atoms with van der Waals surface area (Å²) in [6.45, 7) is 2.52. The van der Waals surface area contributed by atoms with E-state index in [-0.39, 0.29) is 0 Å². The number of nitrogens with one attached hydrogen (secondary N) is 1. The van der Waals surface area contributed by atoms with E-state index < -0.39 is 0 Å². The van der Waals surface area contributed by atoms with Crippen LogP contribution in [0, 0.1) is 4.77 Å². The van der Waals surface area contributed by atoms with Gasteiger partial charge in [0.1, 0.15) is 5.75 Å². The molecule has 0 amide bonds. The van der Waals surface area contributed by atoms with Gasteiger partial charge in [-0.2, -0.15) is 5.10 Å². The Balaban J connectivity index is 2.55. The average Bonchev–Trinajstić information content (AvgIpc) is 2.61. The highest BCUT2D eigenvalue weighted by molar-refractivity contribution is 7.71. The lowest BCUT2D eigenvalue weighted by Gasteiger charge is -2.08. The van der Waals surface area contributed by atoms with Crippen molar-refractivity contribution in [2.75, 3.05) is 12.4 Å². The summed E-state index contributed by atoms with van der Waals surface area (Å²) < 4.78 is 7.20. The van der Waals surface area contributed by atoms with Crippen molar-refractivity contribution >= 4 is 12.2 Å². The molecule has 5 nitrogen and oxygen atoms in total. The van der Waals surface area contributed by atoms with Gasteiger partial charge in [0.2, 0.25) is 4.77 Å². The molecule has 3 N–H and O–H groups in total. The summed E-state index contributed by atoms with van der Waals surface area (Å²) in [5.74, 6) is 7.07. The number of aromatic nitrogens is 3. The largest absolute Gasteiger partial charge is 0.493 e. The van der Waals surface area contributed by atoms with Gasteiger partial charge >= 0.3 is 0 Å². The Hall–Kier alpha value is -1.82. The van der Waals surface area contributed by atoms with Crippen LogP contribution >= 0.6 is 12.2 Å². The van der Waals surface area contributed by atoms with E-state index in [1.807, 2.05) is 31.2 Å². The predicted molar refractivity (Wildman–Crippen MR) is 64.2 cm³/mol. The lowest BCUT2D eigenvalue weighted by atomic mass is 10.2. The number of benzene rings is 1.